The zero-order valence-corrected chi connectivity index (χ0v) is 15.5. The Kier molecular flexibility index (Phi) is 4.38. The first-order chi connectivity index (χ1) is 13.3. The van der Waals surface area contributed by atoms with Crippen molar-refractivity contribution < 1.29 is 27.8 Å². The number of nitrogens with one attached hydrogen (secondary N) is 1. The molecule has 0 spiro atoms. The van der Waals surface area contributed by atoms with E-state index >= 15 is 0 Å². The van der Waals surface area contributed by atoms with E-state index in [1.807, 2.05) is 0 Å². The number of ether oxygens (including phenoxy) is 2. The lowest BCUT2D eigenvalue weighted by molar-refractivity contribution is -0.131. The third-order valence-electron chi connectivity index (χ3n) is 4.77. The van der Waals surface area contributed by atoms with Crippen molar-refractivity contribution in [3.63, 3.8) is 0 Å². The molecule has 2 aliphatic rings. The Morgan fingerprint density at radius 1 is 1.14 bits per heavy atom. The number of hydrogen-bond acceptors (Lipinski definition) is 4. The fourth-order valence-electron chi connectivity index (χ4n) is 3.28. The Morgan fingerprint density at radius 3 is 2.64 bits per heavy atom. The van der Waals surface area contributed by atoms with E-state index in [1.54, 1.807) is 12.1 Å². The zero-order chi connectivity index (χ0) is 20.1. The topological polar surface area (TPSA) is 67.9 Å². The van der Waals surface area contributed by atoms with Crippen LogP contribution < -0.4 is 14.8 Å². The van der Waals surface area contributed by atoms with Gasteiger partial charge in [0, 0.05) is 0 Å². The van der Waals surface area contributed by atoms with Gasteiger partial charge in [-0.2, -0.15) is 0 Å². The summed E-state index contributed by atoms with van der Waals surface area (Å²) in [4.78, 5) is 26.4. The summed E-state index contributed by atoms with van der Waals surface area (Å²) in [6.45, 7) is 2.12. The molecule has 0 saturated carbocycles. The van der Waals surface area contributed by atoms with E-state index in [0.717, 1.165) is 17.0 Å². The van der Waals surface area contributed by atoms with Gasteiger partial charge in [0.05, 0.1) is 11.6 Å². The summed E-state index contributed by atoms with van der Waals surface area (Å²) in [5, 5.41) is 2.86. The summed E-state index contributed by atoms with van der Waals surface area (Å²) in [6, 6.07) is 5.66. The summed E-state index contributed by atoms with van der Waals surface area (Å²) in [5.41, 5.74) is -0.803. The van der Waals surface area contributed by atoms with Crippen molar-refractivity contribution in [2.75, 3.05) is 13.2 Å². The lowest BCUT2D eigenvalue weighted by Crippen LogP contribution is -2.41. The molecule has 2 heterocycles. The van der Waals surface area contributed by atoms with Crippen LogP contribution in [0.3, 0.4) is 0 Å². The van der Waals surface area contributed by atoms with Crippen molar-refractivity contribution >= 4 is 23.5 Å². The van der Waals surface area contributed by atoms with Crippen LogP contribution in [0.25, 0.3) is 0 Å². The maximum absolute atomic E-state index is 13.6. The van der Waals surface area contributed by atoms with E-state index in [0.29, 0.717) is 35.3 Å². The fourth-order valence-corrected chi connectivity index (χ4v) is 3.57. The van der Waals surface area contributed by atoms with E-state index < -0.39 is 29.1 Å². The zero-order valence-electron chi connectivity index (χ0n) is 14.7. The van der Waals surface area contributed by atoms with Crippen LogP contribution in [0.5, 0.6) is 11.5 Å². The lowest BCUT2D eigenvalue weighted by atomic mass is 9.92. The number of hydrogen-bond donors (Lipinski definition) is 1. The van der Waals surface area contributed by atoms with Gasteiger partial charge in [-0.15, -0.1) is 0 Å². The molecular weight excluding hydrogens is 394 g/mol. The van der Waals surface area contributed by atoms with Crippen molar-refractivity contribution in [2.24, 2.45) is 0 Å². The second-order valence-electron chi connectivity index (χ2n) is 6.68. The summed E-state index contributed by atoms with van der Waals surface area (Å²) in [7, 11) is 0. The molecule has 0 bridgehead atoms. The van der Waals surface area contributed by atoms with Crippen molar-refractivity contribution in [1.29, 1.82) is 0 Å². The van der Waals surface area contributed by atoms with Gasteiger partial charge in [0.15, 0.2) is 23.1 Å². The number of nitrogens with zero attached hydrogens (tertiary/aromatic N) is 1. The minimum atomic E-state index is -1.51. The molecule has 2 aliphatic heterocycles. The fraction of sp³-hybridized carbons (Fsp3) is 0.263. The molecule has 28 heavy (non-hydrogen) atoms. The maximum atomic E-state index is 13.6. The number of imide groups is 1. The minimum absolute atomic E-state index is 0.0692. The van der Waals surface area contributed by atoms with E-state index in [1.165, 1.54) is 13.0 Å². The number of urea groups is 1. The van der Waals surface area contributed by atoms with E-state index in [9.17, 15) is 18.4 Å². The highest BCUT2D eigenvalue weighted by atomic mass is 35.5. The lowest BCUT2D eigenvalue weighted by Gasteiger charge is -2.23. The molecule has 2 aromatic carbocycles. The normalized spacial score (nSPS) is 21.1. The Hall–Kier alpha value is -2.87. The standard InChI is InChI=1S/C19H15ClF2N2O4/c1-19(11-2-3-13(21)14(22)8-11)17(25)24(18(26)23-19)9-10-6-12(20)16-15(7-10)27-4-5-28-16/h2-3,6-8H,4-5,9H2,1H3,(H,23,26). The molecule has 1 saturated heterocycles. The Bertz CT molecular complexity index is 1000. The minimum Gasteiger partial charge on any atom is -0.486 e. The highest BCUT2D eigenvalue weighted by molar-refractivity contribution is 6.32. The van der Waals surface area contributed by atoms with Gasteiger partial charge in [-0.3, -0.25) is 9.69 Å². The molecule has 4 rings (SSSR count). The first-order valence-electron chi connectivity index (χ1n) is 8.47. The van der Waals surface area contributed by atoms with Gasteiger partial charge in [-0.05, 0) is 42.3 Å². The van der Waals surface area contributed by atoms with Crippen LogP contribution in [0.2, 0.25) is 5.02 Å². The summed E-state index contributed by atoms with van der Waals surface area (Å²) >= 11 is 6.20. The summed E-state index contributed by atoms with van der Waals surface area (Å²) in [6.07, 6.45) is 0. The predicted octanol–water partition coefficient (Wildman–Crippen LogP) is 3.36. The molecular formula is C19H15ClF2N2O4. The van der Waals surface area contributed by atoms with Crippen LogP contribution >= 0.6 is 11.6 Å². The first-order valence-corrected chi connectivity index (χ1v) is 8.85. The van der Waals surface area contributed by atoms with Crippen LogP contribution in [-0.4, -0.2) is 30.1 Å². The van der Waals surface area contributed by atoms with Crippen LogP contribution in [0, 0.1) is 11.6 Å². The third-order valence-corrected chi connectivity index (χ3v) is 5.05. The predicted molar refractivity (Wildman–Crippen MR) is 95.2 cm³/mol. The maximum Gasteiger partial charge on any atom is 0.325 e. The van der Waals surface area contributed by atoms with Gasteiger partial charge in [0.25, 0.3) is 5.91 Å². The largest absolute Gasteiger partial charge is 0.486 e. The summed E-state index contributed by atoms with van der Waals surface area (Å²) in [5.74, 6) is -1.87. The highest BCUT2D eigenvalue weighted by Crippen LogP contribution is 2.39. The number of benzene rings is 2. The SMILES string of the molecule is CC1(c2ccc(F)c(F)c2)NC(=O)N(Cc2cc(Cl)c3c(c2)OCCO3)C1=O. The van der Waals surface area contributed by atoms with Gasteiger partial charge in [-0.25, -0.2) is 13.6 Å². The Balaban J connectivity index is 1.63. The molecule has 146 valence electrons. The number of amides is 3. The van der Waals surface area contributed by atoms with Crippen molar-refractivity contribution in [3.8, 4) is 11.5 Å². The van der Waals surface area contributed by atoms with Gasteiger partial charge in [0.1, 0.15) is 18.8 Å². The van der Waals surface area contributed by atoms with Crippen LogP contribution in [0.15, 0.2) is 30.3 Å². The number of fused-ring (bicyclic) bond motifs is 1. The molecule has 0 aromatic heterocycles. The number of halogens is 3. The average molecular weight is 409 g/mol. The second-order valence-corrected chi connectivity index (χ2v) is 7.08. The number of carbonyl (C=O) groups excluding carboxylic acids is 2. The van der Waals surface area contributed by atoms with Crippen LogP contribution in [-0.2, 0) is 16.9 Å². The molecule has 1 fully saturated rings. The molecule has 1 N–H and O–H groups in total. The molecule has 3 amide bonds. The van der Waals surface area contributed by atoms with Crippen LogP contribution in [0.4, 0.5) is 13.6 Å². The third kappa shape index (κ3) is 2.93. The monoisotopic (exact) mass is 408 g/mol. The molecule has 0 radical (unpaired) electrons. The van der Waals surface area contributed by atoms with Crippen molar-refractivity contribution in [1.82, 2.24) is 10.2 Å². The molecule has 9 heteroatoms. The van der Waals surface area contributed by atoms with Gasteiger partial charge in [0.2, 0.25) is 0 Å². The Labute approximate surface area is 164 Å². The van der Waals surface area contributed by atoms with Gasteiger partial charge in [-0.1, -0.05) is 17.7 Å². The molecule has 6 nitrogen and oxygen atoms in total. The first kappa shape index (κ1) is 18.5. The van der Waals surface area contributed by atoms with E-state index in [-0.39, 0.29) is 12.1 Å². The second kappa shape index (κ2) is 6.63. The van der Waals surface area contributed by atoms with E-state index in [4.69, 9.17) is 21.1 Å². The molecule has 0 aliphatic carbocycles. The van der Waals surface area contributed by atoms with Crippen molar-refractivity contribution in [3.05, 3.63) is 58.1 Å². The van der Waals surface area contributed by atoms with E-state index in [2.05, 4.69) is 5.32 Å². The van der Waals surface area contributed by atoms with Crippen LogP contribution in [0.1, 0.15) is 18.1 Å². The van der Waals surface area contributed by atoms with Gasteiger partial charge >= 0.3 is 6.03 Å². The van der Waals surface area contributed by atoms with Crippen molar-refractivity contribution in [2.45, 2.75) is 19.0 Å². The molecule has 2 aromatic rings. The Morgan fingerprint density at radius 2 is 1.89 bits per heavy atom. The summed E-state index contributed by atoms with van der Waals surface area (Å²) < 4.78 is 37.8. The quantitative estimate of drug-likeness (QED) is 0.791. The molecule has 1 unspecified atom stereocenters. The van der Waals surface area contributed by atoms with Gasteiger partial charge < -0.3 is 14.8 Å². The number of carbonyl (C=O) groups is 2. The number of rotatable bonds is 3. The average Bonchev–Trinajstić information content (AvgIpc) is 2.88. The highest BCUT2D eigenvalue weighted by Gasteiger charge is 2.49. The molecule has 1 atom stereocenters. The smallest absolute Gasteiger partial charge is 0.325 e.